The van der Waals surface area contributed by atoms with Crippen molar-refractivity contribution in [1.29, 1.82) is 0 Å². The molecule has 136 valence electrons. The Labute approximate surface area is 149 Å². The largest absolute Gasteiger partial charge is 0.490 e. The Balaban J connectivity index is 1.53. The predicted molar refractivity (Wildman–Crippen MR) is 96.2 cm³/mol. The normalized spacial score (nSPS) is 21.2. The summed E-state index contributed by atoms with van der Waals surface area (Å²) in [6.07, 6.45) is 8.01. The first-order valence-corrected chi connectivity index (χ1v) is 9.44. The van der Waals surface area contributed by atoms with E-state index in [9.17, 15) is 9.59 Å². The molecule has 1 aromatic carbocycles. The van der Waals surface area contributed by atoms with E-state index in [-0.39, 0.29) is 17.9 Å². The van der Waals surface area contributed by atoms with Crippen molar-refractivity contribution in [3.63, 3.8) is 0 Å². The summed E-state index contributed by atoms with van der Waals surface area (Å²) in [5.41, 5.74) is 1.02. The van der Waals surface area contributed by atoms with Crippen molar-refractivity contribution < 1.29 is 14.3 Å². The molecule has 1 heterocycles. The third-order valence-electron chi connectivity index (χ3n) is 5.18. The number of amides is 2. The Morgan fingerprint density at radius 3 is 2.72 bits per heavy atom. The lowest BCUT2D eigenvalue weighted by Gasteiger charge is -2.23. The lowest BCUT2D eigenvalue weighted by atomic mass is 9.98. The van der Waals surface area contributed by atoms with Gasteiger partial charge in [-0.2, -0.15) is 0 Å². The fraction of sp³-hybridized carbons (Fsp3) is 0.600. The molecule has 1 aliphatic heterocycles. The molecule has 1 saturated heterocycles. The van der Waals surface area contributed by atoms with Crippen LogP contribution in [-0.4, -0.2) is 35.4 Å². The summed E-state index contributed by atoms with van der Waals surface area (Å²) >= 11 is 0. The number of hydrogen-bond acceptors (Lipinski definition) is 3. The summed E-state index contributed by atoms with van der Waals surface area (Å²) < 4.78 is 6.09. The summed E-state index contributed by atoms with van der Waals surface area (Å²) in [6.45, 7) is 2.67. The molecule has 25 heavy (non-hydrogen) atoms. The summed E-state index contributed by atoms with van der Waals surface area (Å²) in [7, 11) is 0. The molecule has 2 aliphatic rings. The highest BCUT2D eigenvalue weighted by atomic mass is 16.5. The lowest BCUT2D eigenvalue weighted by Crippen LogP contribution is -2.44. The van der Waals surface area contributed by atoms with Crippen LogP contribution in [0, 0.1) is 0 Å². The van der Waals surface area contributed by atoms with Crippen LogP contribution in [0.2, 0.25) is 0 Å². The fourth-order valence-corrected chi connectivity index (χ4v) is 3.83. The summed E-state index contributed by atoms with van der Waals surface area (Å²) in [5.74, 6) is 0.789. The van der Waals surface area contributed by atoms with Crippen LogP contribution in [0.4, 0.5) is 0 Å². The molecule has 5 nitrogen and oxygen atoms in total. The van der Waals surface area contributed by atoms with E-state index >= 15 is 0 Å². The van der Waals surface area contributed by atoms with Gasteiger partial charge in [-0.15, -0.1) is 0 Å². The number of rotatable bonds is 5. The average Bonchev–Trinajstić information content (AvgIpc) is 3.11. The Hall–Kier alpha value is -2.04. The molecule has 0 bridgehead atoms. The molecule has 2 fully saturated rings. The van der Waals surface area contributed by atoms with Gasteiger partial charge < -0.3 is 15.0 Å². The first-order chi connectivity index (χ1) is 12.1. The van der Waals surface area contributed by atoms with Crippen LogP contribution in [0.5, 0.6) is 5.75 Å². The number of ether oxygens (including phenoxy) is 1. The van der Waals surface area contributed by atoms with Gasteiger partial charge in [0.25, 0.3) is 0 Å². The van der Waals surface area contributed by atoms with Gasteiger partial charge in [-0.1, -0.05) is 18.6 Å². The van der Waals surface area contributed by atoms with Gasteiger partial charge in [0.05, 0.1) is 6.10 Å². The first-order valence-electron chi connectivity index (χ1n) is 9.44. The van der Waals surface area contributed by atoms with E-state index in [4.69, 9.17) is 4.74 Å². The molecule has 0 radical (unpaired) electrons. The van der Waals surface area contributed by atoms with Crippen LogP contribution in [0.25, 0.3) is 0 Å². The van der Waals surface area contributed by atoms with Crippen LogP contribution < -0.4 is 10.1 Å². The van der Waals surface area contributed by atoms with Crippen LogP contribution in [0.1, 0.15) is 57.4 Å². The maximum absolute atomic E-state index is 12.4. The number of carbonyl (C=O) groups excluding carboxylic acids is 2. The minimum absolute atomic E-state index is 0.0273. The molecule has 2 amide bonds. The predicted octanol–water partition coefficient (Wildman–Crippen LogP) is 3.03. The molecule has 3 rings (SSSR count). The van der Waals surface area contributed by atoms with E-state index in [2.05, 4.69) is 5.32 Å². The number of hydrogen-bond donors (Lipinski definition) is 1. The summed E-state index contributed by atoms with van der Waals surface area (Å²) in [6, 6.07) is 7.63. The minimum Gasteiger partial charge on any atom is -0.490 e. The van der Waals surface area contributed by atoms with E-state index in [0.717, 1.165) is 37.0 Å². The highest BCUT2D eigenvalue weighted by molar-refractivity contribution is 5.87. The van der Waals surface area contributed by atoms with Crippen molar-refractivity contribution >= 4 is 11.8 Å². The molecular weight excluding hydrogens is 316 g/mol. The molecule has 1 atom stereocenters. The Morgan fingerprint density at radius 1 is 1.16 bits per heavy atom. The topological polar surface area (TPSA) is 58.6 Å². The van der Waals surface area contributed by atoms with Crippen molar-refractivity contribution in [1.82, 2.24) is 10.2 Å². The summed E-state index contributed by atoms with van der Waals surface area (Å²) in [4.78, 5) is 25.7. The van der Waals surface area contributed by atoms with Gasteiger partial charge in [0.15, 0.2) is 0 Å². The third-order valence-corrected chi connectivity index (χ3v) is 5.18. The molecule has 0 spiro atoms. The minimum atomic E-state index is -0.320. The Bertz CT molecular complexity index is 611. The fourth-order valence-electron chi connectivity index (χ4n) is 3.83. The van der Waals surface area contributed by atoms with Gasteiger partial charge in [0.1, 0.15) is 11.8 Å². The number of likely N-dealkylation sites (tertiary alicyclic amines) is 1. The van der Waals surface area contributed by atoms with Crippen molar-refractivity contribution in [2.75, 3.05) is 6.54 Å². The van der Waals surface area contributed by atoms with Gasteiger partial charge in [0.2, 0.25) is 11.8 Å². The number of nitrogens with zero attached hydrogens (tertiary/aromatic N) is 1. The van der Waals surface area contributed by atoms with E-state index < -0.39 is 0 Å². The smallest absolute Gasteiger partial charge is 0.243 e. The zero-order valence-electron chi connectivity index (χ0n) is 15.0. The second kappa shape index (κ2) is 8.37. The van der Waals surface area contributed by atoms with Crippen LogP contribution in [0.15, 0.2) is 24.3 Å². The van der Waals surface area contributed by atoms with Crippen molar-refractivity contribution in [2.45, 2.75) is 70.6 Å². The van der Waals surface area contributed by atoms with Crippen LogP contribution >= 0.6 is 0 Å². The zero-order valence-corrected chi connectivity index (χ0v) is 15.0. The first kappa shape index (κ1) is 17.8. The van der Waals surface area contributed by atoms with E-state index in [1.165, 1.54) is 26.2 Å². The maximum atomic E-state index is 12.4. The monoisotopic (exact) mass is 344 g/mol. The highest BCUT2D eigenvalue weighted by Crippen LogP contribution is 2.24. The van der Waals surface area contributed by atoms with Gasteiger partial charge in [-0.25, -0.2) is 0 Å². The van der Waals surface area contributed by atoms with Gasteiger partial charge in [-0.3, -0.25) is 9.59 Å². The number of nitrogens with one attached hydrogen (secondary N) is 1. The lowest BCUT2D eigenvalue weighted by molar-refractivity contribution is -0.136. The SMILES string of the molecule is CC(=O)N1CCC[C@@H]1C(=O)NCc1cccc(OC2CCCCC2)c1. The standard InChI is InChI=1S/C20H28N2O3/c1-15(23)22-12-6-11-19(22)20(24)21-14-16-7-5-10-18(13-16)25-17-8-3-2-4-9-17/h5,7,10,13,17,19H,2-4,6,8-9,11-12,14H2,1H3,(H,21,24)/t19-/m1/s1. The van der Waals surface area contributed by atoms with Gasteiger partial charge in [0, 0.05) is 20.0 Å². The molecule has 1 saturated carbocycles. The molecule has 0 aromatic heterocycles. The van der Waals surface area contributed by atoms with Crippen molar-refractivity contribution in [3.8, 4) is 5.75 Å². The van der Waals surface area contributed by atoms with Crippen molar-refractivity contribution in [2.24, 2.45) is 0 Å². The second-order valence-corrected chi connectivity index (χ2v) is 7.11. The van der Waals surface area contributed by atoms with E-state index in [0.29, 0.717) is 19.2 Å². The van der Waals surface area contributed by atoms with Gasteiger partial charge >= 0.3 is 0 Å². The Morgan fingerprint density at radius 2 is 1.96 bits per heavy atom. The van der Waals surface area contributed by atoms with Gasteiger partial charge in [-0.05, 0) is 56.2 Å². The van der Waals surface area contributed by atoms with E-state index in [1.54, 1.807) is 4.90 Å². The number of benzene rings is 1. The molecule has 1 aromatic rings. The van der Waals surface area contributed by atoms with E-state index in [1.807, 2.05) is 24.3 Å². The molecular formula is C20H28N2O3. The van der Waals surface area contributed by atoms with Crippen molar-refractivity contribution in [3.05, 3.63) is 29.8 Å². The number of carbonyl (C=O) groups is 2. The quantitative estimate of drug-likeness (QED) is 0.893. The molecule has 5 heteroatoms. The average molecular weight is 344 g/mol. The molecule has 1 N–H and O–H groups in total. The molecule has 1 aliphatic carbocycles. The van der Waals surface area contributed by atoms with Crippen LogP contribution in [-0.2, 0) is 16.1 Å². The highest BCUT2D eigenvalue weighted by Gasteiger charge is 2.32. The second-order valence-electron chi connectivity index (χ2n) is 7.11. The maximum Gasteiger partial charge on any atom is 0.243 e. The Kier molecular flexibility index (Phi) is 5.95. The van der Waals surface area contributed by atoms with Crippen LogP contribution in [0.3, 0.4) is 0 Å². The summed E-state index contributed by atoms with van der Waals surface area (Å²) in [5, 5.41) is 2.97. The third kappa shape index (κ3) is 4.74. The molecule has 0 unspecified atom stereocenters. The zero-order chi connectivity index (χ0) is 17.6.